The van der Waals surface area contributed by atoms with Crippen LogP contribution in [0.3, 0.4) is 0 Å². The minimum Gasteiger partial charge on any atom is -0.469 e. The maximum Gasteiger partial charge on any atom is 0.309 e. The molecular formula is C14H22N2O4S. The van der Waals surface area contributed by atoms with Crippen molar-refractivity contribution in [3.8, 4) is 0 Å². The van der Waals surface area contributed by atoms with E-state index in [-0.39, 0.29) is 11.4 Å². The van der Waals surface area contributed by atoms with Crippen LogP contribution in [-0.2, 0) is 19.6 Å². The first-order chi connectivity index (χ1) is 9.62. The first kappa shape index (κ1) is 17.5. The first-order valence-corrected chi connectivity index (χ1v) is 7.96. The lowest BCUT2D eigenvalue weighted by Gasteiger charge is -2.22. The molecule has 0 radical (unpaired) electrons. The summed E-state index contributed by atoms with van der Waals surface area (Å²) in [6, 6.07) is 3.35. The second kappa shape index (κ2) is 6.44. The Balaban J connectivity index is 3.18. The number of carbonyl (C=O) groups is 1. The van der Waals surface area contributed by atoms with Crippen LogP contribution in [0.2, 0.25) is 0 Å². The average molecular weight is 314 g/mol. The van der Waals surface area contributed by atoms with Gasteiger partial charge < -0.3 is 10.5 Å². The van der Waals surface area contributed by atoms with Gasteiger partial charge in [0, 0.05) is 19.3 Å². The Morgan fingerprint density at radius 1 is 1.38 bits per heavy atom. The van der Waals surface area contributed by atoms with E-state index in [1.807, 2.05) is 0 Å². The van der Waals surface area contributed by atoms with Gasteiger partial charge in [0.1, 0.15) is 0 Å². The Hall–Kier alpha value is -1.60. The van der Waals surface area contributed by atoms with Crippen LogP contribution in [0.15, 0.2) is 17.0 Å². The summed E-state index contributed by atoms with van der Waals surface area (Å²) in [7, 11) is -0.995. The van der Waals surface area contributed by atoms with Crippen LogP contribution >= 0.6 is 0 Å². The fourth-order valence-electron chi connectivity index (χ4n) is 2.15. The number of rotatable bonds is 5. The Morgan fingerprint density at radius 3 is 2.48 bits per heavy atom. The lowest BCUT2D eigenvalue weighted by Crippen LogP contribution is -2.35. The lowest BCUT2D eigenvalue weighted by molar-refractivity contribution is -0.144. The Morgan fingerprint density at radius 2 is 1.95 bits per heavy atom. The summed E-state index contributed by atoms with van der Waals surface area (Å²) in [4.78, 5) is 11.6. The van der Waals surface area contributed by atoms with Crippen molar-refractivity contribution < 1.29 is 17.9 Å². The van der Waals surface area contributed by atoms with Gasteiger partial charge in [0.2, 0.25) is 10.0 Å². The number of carbonyl (C=O) groups excluding carboxylic acids is 1. The third-order valence-electron chi connectivity index (χ3n) is 3.45. The number of benzene rings is 1. The third-order valence-corrected chi connectivity index (χ3v) is 5.56. The van der Waals surface area contributed by atoms with Gasteiger partial charge in [0.15, 0.2) is 0 Å². The molecule has 0 amide bonds. The molecule has 6 nitrogen and oxygen atoms in total. The molecule has 21 heavy (non-hydrogen) atoms. The third kappa shape index (κ3) is 3.54. The molecule has 0 saturated carbocycles. The van der Waals surface area contributed by atoms with E-state index >= 15 is 0 Å². The van der Waals surface area contributed by atoms with Crippen LogP contribution in [0.5, 0.6) is 0 Å². The summed E-state index contributed by atoms with van der Waals surface area (Å²) in [5.74, 6) is -0.991. The highest BCUT2D eigenvalue weighted by atomic mass is 32.2. The van der Waals surface area contributed by atoms with E-state index in [2.05, 4.69) is 4.74 Å². The van der Waals surface area contributed by atoms with Crippen molar-refractivity contribution in [2.24, 2.45) is 5.92 Å². The van der Waals surface area contributed by atoms with E-state index in [0.717, 1.165) is 4.31 Å². The SMILES string of the molecule is COC(=O)C(C)CN(C)S(=O)(=O)c1c(C)ccc(N)c1C. The molecule has 1 atom stereocenters. The molecule has 0 aliphatic rings. The van der Waals surface area contributed by atoms with Gasteiger partial charge >= 0.3 is 5.97 Å². The normalized spacial score (nSPS) is 13.2. The highest BCUT2D eigenvalue weighted by Gasteiger charge is 2.28. The van der Waals surface area contributed by atoms with Gasteiger partial charge in [-0.2, -0.15) is 0 Å². The smallest absolute Gasteiger partial charge is 0.309 e. The van der Waals surface area contributed by atoms with E-state index in [1.54, 1.807) is 32.9 Å². The molecule has 2 N–H and O–H groups in total. The minimum absolute atomic E-state index is 0.0443. The molecule has 0 aliphatic carbocycles. The van der Waals surface area contributed by atoms with Gasteiger partial charge in [-0.1, -0.05) is 13.0 Å². The monoisotopic (exact) mass is 314 g/mol. The topological polar surface area (TPSA) is 89.7 Å². The van der Waals surface area contributed by atoms with E-state index < -0.39 is 21.9 Å². The molecule has 0 bridgehead atoms. The molecule has 0 aliphatic heterocycles. The fraction of sp³-hybridized carbons (Fsp3) is 0.500. The molecule has 7 heteroatoms. The summed E-state index contributed by atoms with van der Waals surface area (Å²) < 4.78 is 31.2. The highest BCUT2D eigenvalue weighted by Crippen LogP contribution is 2.27. The standard InChI is InChI=1S/C14H22N2O4S/c1-9-6-7-12(15)11(3)13(9)21(18,19)16(4)8-10(2)14(17)20-5/h6-7,10H,8,15H2,1-5H3. The zero-order chi connectivity index (χ0) is 16.4. The van der Waals surface area contributed by atoms with Crippen molar-refractivity contribution in [1.29, 1.82) is 0 Å². The number of nitrogen functional groups attached to an aromatic ring is 1. The van der Waals surface area contributed by atoms with Gasteiger partial charge in [-0.15, -0.1) is 0 Å². The van der Waals surface area contributed by atoms with E-state index in [1.165, 1.54) is 14.2 Å². The molecule has 0 fully saturated rings. The van der Waals surface area contributed by atoms with Crippen molar-refractivity contribution >= 4 is 21.7 Å². The largest absolute Gasteiger partial charge is 0.469 e. The van der Waals surface area contributed by atoms with E-state index in [9.17, 15) is 13.2 Å². The summed E-state index contributed by atoms with van der Waals surface area (Å²) in [6.45, 7) is 5.06. The molecule has 0 spiro atoms. The van der Waals surface area contributed by atoms with Gasteiger partial charge in [-0.3, -0.25) is 4.79 Å². The molecule has 1 unspecified atom stereocenters. The van der Waals surface area contributed by atoms with Crippen molar-refractivity contribution in [3.63, 3.8) is 0 Å². The van der Waals surface area contributed by atoms with Gasteiger partial charge in [-0.05, 0) is 31.0 Å². The Labute approximate surface area is 125 Å². The van der Waals surface area contributed by atoms with Crippen LogP contribution in [0.1, 0.15) is 18.1 Å². The number of ether oxygens (including phenoxy) is 1. The average Bonchev–Trinajstić information content (AvgIpc) is 2.41. The Bertz CT molecular complexity index is 641. The van der Waals surface area contributed by atoms with Crippen LogP contribution in [0.4, 0.5) is 5.69 Å². The molecule has 0 heterocycles. The van der Waals surface area contributed by atoms with Crippen molar-refractivity contribution in [2.75, 3.05) is 26.4 Å². The molecule has 118 valence electrons. The number of hydrogen-bond donors (Lipinski definition) is 1. The number of nitrogens with two attached hydrogens (primary N) is 1. The number of anilines is 1. The first-order valence-electron chi connectivity index (χ1n) is 6.52. The van der Waals surface area contributed by atoms with Crippen molar-refractivity contribution in [3.05, 3.63) is 23.3 Å². The van der Waals surface area contributed by atoms with E-state index in [0.29, 0.717) is 16.8 Å². The van der Waals surface area contributed by atoms with Gasteiger partial charge in [0.05, 0.1) is 17.9 Å². The zero-order valence-electron chi connectivity index (χ0n) is 13.0. The predicted molar refractivity (Wildman–Crippen MR) is 81.3 cm³/mol. The summed E-state index contributed by atoms with van der Waals surface area (Å²) in [5, 5.41) is 0. The molecular weight excluding hydrogens is 292 g/mol. The summed E-state index contributed by atoms with van der Waals surface area (Å²) >= 11 is 0. The Kier molecular flexibility index (Phi) is 5.36. The lowest BCUT2D eigenvalue weighted by atomic mass is 10.1. The molecule has 1 aromatic rings. The maximum absolute atomic E-state index is 12.7. The summed E-state index contributed by atoms with van der Waals surface area (Å²) in [6.07, 6.45) is 0. The molecule has 1 aromatic carbocycles. The highest BCUT2D eigenvalue weighted by molar-refractivity contribution is 7.89. The number of methoxy groups -OCH3 is 1. The number of sulfonamides is 1. The molecule has 0 aromatic heterocycles. The van der Waals surface area contributed by atoms with Crippen LogP contribution in [0.25, 0.3) is 0 Å². The number of aryl methyl sites for hydroxylation is 1. The van der Waals surface area contributed by atoms with Gasteiger partial charge in [-0.25, -0.2) is 12.7 Å². The van der Waals surface area contributed by atoms with Crippen molar-refractivity contribution in [2.45, 2.75) is 25.7 Å². The van der Waals surface area contributed by atoms with Crippen LogP contribution in [0, 0.1) is 19.8 Å². The number of nitrogens with zero attached hydrogens (tertiary/aromatic N) is 1. The van der Waals surface area contributed by atoms with Crippen molar-refractivity contribution in [1.82, 2.24) is 4.31 Å². The second-order valence-corrected chi connectivity index (χ2v) is 7.12. The molecule has 0 saturated heterocycles. The minimum atomic E-state index is -3.71. The number of hydrogen-bond acceptors (Lipinski definition) is 5. The van der Waals surface area contributed by atoms with Crippen LogP contribution < -0.4 is 5.73 Å². The van der Waals surface area contributed by atoms with Gasteiger partial charge in [0.25, 0.3) is 0 Å². The quantitative estimate of drug-likeness (QED) is 0.654. The summed E-state index contributed by atoms with van der Waals surface area (Å²) in [5.41, 5.74) is 7.37. The van der Waals surface area contributed by atoms with E-state index in [4.69, 9.17) is 5.73 Å². The maximum atomic E-state index is 12.7. The second-order valence-electron chi connectivity index (χ2n) is 5.14. The number of esters is 1. The zero-order valence-corrected chi connectivity index (χ0v) is 13.8. The molecule has 1 rings (SSSR count). The fourth-order valence-corrected chi connectivity index (χ4v) is 3.87. The van der Waals surface area contributed by atoms with Crippen LogP contribution in [-0.4, -0.2) is 39.4 Å². The predicted octanol–water partition coefficient (Wildman–Crippen LogP) is 1.32.